The first-order valence-electron chi connectivity index (χ1n) is 11.7. The Balaban J connectivity index is 1.53. The summed E-state index contributed by atoms with van der Waals surface area (Å²) in [6, 6.07) is 19.2. The van der Waals surface area contributed by atoms with Crippen LogP contribution in [-0.4, -0.2) is 27.8 Å². The maximum absolute atomic E-state index is 13.4. The summed E-state index contributed by atoms with van der Waals surface area (Å²) >= 11 is 1.32. The topological polar surface area (TPSA) is 78.3 Å². The molecule has 0 fully saturated rings. The van der Waals surface area contributed by atoms with Crippen molar-refractivity contribution in [2.24, 2.45) is 0 Å². The highest BCUT2D eigenvalue weighted by molar-refractivity contribution is 7.13. The van der Waals surface area contributed by atoms with Crippen LogP contribution in [0.2, 0.25) is 0 Å². The summed E-state index contributed by atoms with van der Waals surface area (Å²) in [5.74, 6) is 0.563. The van der Waals surface area contributed by atoms with Crippen LogP contribution < -0.4 is 14.8 Å². The second-order valence-corrected chi connectivity index (χ2v) is 9.73. The summed E-state index contributed by atoms with van der Waals surface area (Å²) in [5, 5.41) is 8.75. The monoisotopic (exact) mass is 516 g/mol. The minimum absolute atomic E-state index is 0.306. The number of aromatic nitrogens is 3. The summed E-state index contributed by atoms with van der Waals surface area (Å²) in [7, 11) is 1.59. The van der Waals surface area contributed by atoms with Gasteiger partial charge in [0, 0.05) is 28.4 Å². The molecule has 1 unspecified atom stereocenters. The zero-order chi connectivity index (χ0) is 26.0. The maximum Gasteiger partial charge on any atom is 0.283 e. The highest BCUT2D eigenvalue weighted by Crippen LogP contribution is 2.34. The van der Waals surface area contributed by atoms with Crippen LogP contribution >= 0.6 is 11.3 Å². The van der Waals surface area contributed by atoms with Crippen molar-refractivity contribution in [1.82, 2.24) is 20.1 Å². The molecule has 0 aliphatic rings. The molecule has 0 spiro atoms. The molecule has 0 aliphatic carbocycles. The van der Waals surface area contributed by atoms with E-state index in [0.29, 0.717) is 22.9 Å². The molecule has 37 heavy (non-hydrogen) atoms. The van der Waals surface area contributed by atoms with Gasteiger partial charge in [0.15, 0.2) is 5.01 Å². The van der Waals surface area contributed by atoms with E-state index in [-0.39, 0.29) is 11.7 Å². The Morgan fingerprint density at radius 3 is 2.59 bits per heavy atom. The van der Waals surface area contributed by atoms with Crippen molar-refractivity contribution in [2.45, 2.75) is 26.0 Å². The van der Waals surface area contributed by atoms with Gasteiger partial charge in [0.2, 0.25) is 5.72 Å². The summed E-state index contributed by atoms with van der Waals surface area (Å²) in [5.41, 5.74) is 1.13. The number of ether oxygens (including phenoxy) is 2. The van der Waals surface area contributed by atoms with E-state index in [4.69, 9.17) is 9.47 Å². The van der Waals surface area contributed by atoms with Crippen LogP contribution in [0, 0.1) is 12.7 Å². The molecule has 0 aliphatic heterocycles. The first-order chi connectivity index (χ1) is 17.9. The number of rotatable bonds is 8. The number of hydrogen-bond donors (Lipinski definition) is 1. The third kappa shape index (κ3) is 4.90. The van der Waals surface area contributed by atoms with Gasteiger partial charge in [0.1, 0.15) is 17.3 Å². The Kier molecular flexibility index (Phi) is 6.62. The van der Waals surface area contributed by atoms with Gasteiger partial charge in [0.05, 0.1) is 24.5 Å². The zero-order valence-electron chi connectivity index (χ0n) is 20.6. The van der Waals surface area contributed by atoms with Crippen LogP contribution in [0.1, 0.15) is 33.6 Å². The largest absolute Gasteiger partial charge is 0.497 e. The van der Waals surface area contributed by atoms with Crippen LogP contribution in [0.25, 0.3) is 16.6 Å². The van der Waals surface area contributed by atoms with Crippen LogP contribution in [0.3, 0.4) is 0 Å². The Morgan fingerprint density at radius 2 is 1.89 bits per heavy atom. The van der Waals surface area contributed by atoms with Crippen molar-refractivity contribution in [1.29, 1.82) is 0 Å². The molecule has 2 aromatic heterocycles. The van der Waals surface area contributed by atoms with Gasteiger partial charge in [-0.15, -0.1) is 11.3 Å². The number of carbonyl (C=O) groups excluding carboxylic acids is 1. The minimum atomic E-state index is -1.19. The Labute approximate surface area is 217 Å². The highest BCUT2D eigenvalue weighted by Gasteiger charge is 2.36. The van der Waals surface area contributed by atoms with Gasteiger partial charge in [-0.05, 0) is 61.5 Å². The molecule has 2 heterocycles. The number of amides is 1. The van der Waals surface area contributed by atoms with E-state index >= 15 is 0 Å². The van der Waals surface area contributed by atoms with Crippen molar-refractivity contribution in [2.75, 3.05) is 7.11 Å². The van der Waals surface area contributed by atoms with Gasteiger partial charge in [-0.25, -0.2) is 14.1 Å². The molecule has 0 saturated heterocycles. The maximum atomic E-state index is 13.4. The van der Waals surface area contributed by atoms with Crippen LogP contribution in [0.4, 0.5) is 4.39 Å². The van der Waals surface area contributed by atoms with Crippen molar-refractivity contribution >= 4 is 28.1 Å². The molecule has 3 aromatic carbocycles. The lowest BCUT2D eigenvalue weighted by atomic mass is 9.99. The van der Waals surface area contributed by atoms with E-state index in [1.165, 1.54) is 23.5 Å². The van der Waals surface area contributed by atoms with Crippen molar-refractivity contribution < 1.29 is 18.7 Å². The van der Waals surface area contributed by atoms with Crippen LogP contribution in [-0.2, 0) is 5.72 Å². The molecule has 0 saturated carbocycles. The normalized spacial score (nSPS) is 12.8. The second kappa shape index (κ2) is 10.0. The van der Waals surface area contributed by atoms with Crippen LogP contribution in [0.5, 0.6) is 11.5 Å². The first kappa shape index (κ1) is 24.5. The predicted octanol–water partition coefficient (Wildman–Crippen LogP) is 6.01. The number of nitrogens with zero attached hydrogens (tertiary/aromatic N) is 3. The summed E-state index contributed by atoms with van der Waals surface area (Å²) < 4.78 is 27.1. The molecule has 0 bridgehead atoms. The lowest BCUT2D eigenvalue weighted by Gasteiger charge is -2.35. The highest BCUT2D eigenvalue weighted by atomic mass is 32.1. The molecule has 0 radical (unpaired) electrons. The van der Waals surface area contributed by atoms with Gasteiger partial charge in [0.25, 0.3) is 5.91 Å². The number of hydrogen-bond acceptors (Lipinski definition) is 6. The molecule has 1 atom stereocenters. The second-order valence-electron chi connectivity index (χ2n) is 8.50. The fraction of sp³-hybridized carbons (Fsp3) is 0.179. The molecule has 1 N–H and O–H groups in total. The summed E-state index contributed by atoms with van der Waals surface area (Å²) in [6.07, 6.45) is 3.83. The molecule has 5 rings (SSSR count). The molecule has 5 aromatic rings. The fourth-order valence-corrected chi connectivity index (χ4v) is 4.82. The van der Waals surface area contributed by atoms with Gasteiger partial charge in [-0.3, -0.25) is 4.79 Å². The molecule has 9 heteroatoms. The van der Waals surface area contributed by atoms with Gasteiger partial charge >= 0.3 is 0 Å². The van der Waals surface area contributed by atoms with Crippen molar-refractivity contribution in [3.05, 3.63) is 100 Å². The van der Waals surface area contributed by atoms with E-state index < -0.39 is 5.72 Å². The summed E-state index contributed by atoms with van der Waals surface area (Å²) in [6.45, 7) is 3.85. The number of carbonyl (C=O) groups is 1. The predicted molar refractivity (Wildman–Crippen MR) is 141 cm³/mol. The molecular formula is C28H25FN4O3S. The Hall–Kier alpha value is -4.24. The third-order valence-corrected chi connectivity index (χ3v) is 6.98. The van der Waals surface area contributed by atoms with E-state index in [1.807, 2.05) is 56.3 Å². The minimum Gasteiger partial charge on any atom is -0.497 e. The Bertz CT molecular complexity index is 1560. The van der Waals surface area contributed by atoms with Crippen molar-refractivity contribution in [3.63, 3.8) is 0 Å². The number of benzene rings is 3. The third-order valence-electron chi connectivity index (χ3n) is 6.07. The molecular weight excluding hydrogens is 491 g/mol. The number of fused-ring (bicyclic) bond motifs is 1. The van der Waals surface area contributed by atoms with Gasteiger partial charge in [-0.2, -0.15) is 5.10 Å². The van der Waals surface area contributed by atoms with Gasteiger partial charge < -0.3 is 14.8 Å². The van der Waals surface area contributed by atoms with Crippen LogP contribution in [0.15, 0.2) is 79.1 Å². The van der Waals surface area contributed by atoms with E-state index in [0.717, 1.165) is 27.0 Å². The Morgan fingerprint density at radius 1 is 1.08 bits per heavy atom. The number of nitrogens with one attached hydrogen (secondary N) is 1. The zero-order valence-corrected chi connectivity index (χ0v) is 21.4. The molecule has 1 amide bonds. The van der Waals surface area contributed by atoms with E-state index in [1.54, 1.807) is 36.3 Å². The number of thiazole rings is 1. The number of aryl methyl sites for hydroxylation is 1. The average molecular weight is 517 g/mol. The van der Waals surface area contributed by atoms with E-state index in [2.05, 4.69) is 15.4 Å². The number of methoxy groups -OCH3 is 1. The fourth-order valence-electron chi connectivity index (χ4n) is 4.16. The molecule has 188 valence electrons. The number of halogens is 1. The quantitative estimate of drug-likeness (QED) is 0.256. The smallest absolute Gasteiger partial charge is 0.283 e. The first-order valence-corrected chi connectivity index (χ1v) is 12.5. The average Bonchev–Trinajstić information content (AvgIpc) is 3.55. The standard InChI is InChI=1S/C28H25FN4O3S/c1-4-28(20-6-5-7-23(15-20)35-3,32-26(34)27-30-16-18(2)37-27)36-24-12-13-25-19(14-24)17-31-33(25)22-10-8-21(29)9-11-22/h5-17H,4H2,1-3H3,(H,32,34). The lowest BCUT2D eigenvalue weighted by molar-refractivity contribution is 0.0229. The SMILES string of the molecule is CCC(NC(=O)c1ncc(C)s1)(Oc1ccc2c(cnn2-c2ccc(F)cc2)c1)c1cccc(OC)c1. The van der Waals surface area contributed by atoms with Crippen molar-refractivity contribution in [3.8, 4) is 17.2 Å². The van der Waals surface area contributed by atoms with Gasteiger partial charge in [-0.1, -0.05) is 19.1 Å². The summed E-state index contributed by atoms with van der Waals surface area (Å²) in [4.78, 5) is 18.4. The lowest BCUT2D eigenvalue weighted by Crippen LogP contribution is -2.50. The molecule has 7 nitrogen and oxygen atoms in total. The van der Waals surface area contributed by atoms with E-state index in [9.17, 15) is 9.18 Å².